The van der Waals surface area contributed by atoms with Crippen LogP contribution in [0.15, 0.2) is 72.8 Å². The summed E-state index contributed by atoms with van der Waals surface area (Å²) in [5, 5.41) is 9.51. The van der Waals surface area contributed by atoms with E-state index in [0.29, 0.717) is 22.4 Å². The van der Waals surface area contributed by atoms with Crippen LogP contribution in [0.4, 0.5) is 4.39 Å². The van der Waals surface area contributed by atoms with E-state index >= 15 is 0 Å². The third-order valence-electron chi connectivity index (χ3n) is 3.81. The van der Waals surface area contributed by atoms with Crippen LogP contribution < -0.4 is 0 Å². The van der Waals surface area contributed by atoms with Crippen LogP contribution in [0.5, 0.6) is 5.75 Å². The van der Waals surface area contributed by atoms with Crippen molar-refractivity contribution in [2.24, 2.45) is 0 Å². The molecule has 116 valence electrons. The van der Waals surface area contributed by atoms with Crippen molar-refractivity contribution in [2.75, 3.05) is 0 Å². The van der Waals surface area contributed by atoms with Gasteiger partial charge in [-0.15, -0.1) is 0 Å². The first kappa shape index (κ1) is 14.3. The number of hydrogen-bond acceptors (Lipinski definition) is 3. The minimum atomic E-state index is -0.340. The molecule has 0 aliphatic heterocycles. The van der Waals surface area contributed by atoms with E-state index in [0.717, 1.165) is 11.1 Å². The van der Waals surface area contributed by atoms with Gasteiger partial charge in [0.2, 0.25) is 0 Å². The number of nitrogens with zero attached hydrogens (tertiary/aromatic N) is 2. The van der Waals surface area contributed by atoms with E-state index in [1.165, 1.54) is 12.1 Å². The fraction of sp³-hybridized carbons (Fsp3) is 0. The third-order valence-corrected chi connectivity index (χ3v) is 3.81. The SMILES string of the molecule is Oc1ccc(-c2nc3ccc(F)cc3nc2-c2ccccc2)cc1. The number of aromatic hydroxyl groups is 1. The summed E-state index contributed by atoms with van der Waals surface area (Å²) in [4.78, 5) is 9.32. The van der Waals surface area contributed by atoms with Crippen LogP contribution in [0.2, 0.25) is 0 Å². The number of fused-ring (bicyclic) bond motifs is 1. The first-order valence-corrected chi connectivity index (χ1v) is 7.53. The molecule has 0 fully saturated rings. The Morgan fingerprint density at radius 1 is 0.667 bits per heavy atom. The van der Waals surface area contributed by atoms with E-state index in [2.05, 4.69) is 9.97 Å². The summed E-state index contributed by atoms with van der Waals surface area (Å²) in [6.45, 7) is 0. The van der Waals surface area contributed by atoms with Gasteiger partial charge in [0.25, 0.3) is 0 Å². The van der Waals surface area contributed by atoms with Gasteiger partial charge in [-0.3, -0.25) is 0 Å². The van der Waals surface area contributed by atoms with Gasteiger partial charge in [-0.05, 0) is 36.4 Å². The van der Waals surface area contributed by atoms with Gasteiger partial charge >= 0.3 is 0 Å². The molecule has 0 aliphatic rings. The zero-order valence-electron chi connectivity index (χ0n) is 12.6. The number of halogens is 1. The summed E-state index contributed by atoms with van der Waals surface area (Å²) < 4.78 is 13.5. The monoisotopic (exact) mass is 316 g/mol. The van der Waals surface area contributed by atoms with Gasteiger partial charge in [0, 0.05) is 17.2 Å². The van der Waals surface area contributed by atoms with Crippen molar-refractivity contribution in [1.82, 2.24) is 9.97 Å². The first-order chi connectivity index (χ1) is 11.7. The molecule has 4 rings (SSSR count). The molecule has 0 saturated heterocycles. The maximum atomic E-state index is 13.5. The lowest BCUT2D eigenvalue weighted by Gasteiger charge is -2.10. The van der Waals surface area contributed by atoms with Gasteiger partial charge in [0.05, 0.1) is 22.4 Å². The second-order valence-corrected chi connectivity index (χ2v) is 5.47. The fourth-order valence-electron chi connectivity index (χ4n) is 2.65. The number of benzene rings is 3. The standard InChI is InChI=1S/C20H13FN2O/c21-15-8-11-17-18(12-15)23-19(13-4-2-1-3-5-13)20(22-17)14-6-9-16(24)10-7-14/h1-12,24H. The lowest BCUT2D eigenvalue weighted by atomic mass is 10.0. The molecule has 1 aromatic heterocycles. The third kappa shape index (κ3) is 2.58. The van der Waals surface area contributed by atoms with Gasteiger partial charge in [-0.2, -0.15) is 0 Å². The molecule has 24 heavy (non-hydrogen) atoms. The van der Waals surface area contributed by atoms with Crippen molar-refractivity contribution in [2.45, 2.75) is 0 Å². The minimum absolute atomic E-state index is 0.191. The van der Waals surface area contributed by atoms with Crippen LogP contribution in [0.3, 0.4) is 0 Å². The molecule has 0 saturated carbocycles. The zero-order valence-corrected chi connectivity index (χ0v) is 12.6. The highest BCUT2D eigenvalue weighted by Crippen LogP contribution is 2.31. The molecule has 0 aliphatic carbocycles. The van der Waals surface area contributed by atoms with Crippen LogP contribution >= 0.6 is 0 Å². The lowest BCUT2D eigenvalue weighted by molar-refractivity contribution is 0.475. The molecule has 4 aromatic rings. The van der Waals surface area contributed by atoms with Crippen LogP contribution in [-0.4, -0.2) is 15.1 Å². The van der Waals surface area contributed by atoms with E-state index in [1.54, 1.807) is 30.3 Å². The Hall–Kier alpha value is -3.27. The average molecular weight is 316 g/mol. The van der Waals surface area contributed by atoms with Gasteiger partial charge in [0.1, 0.15) is 11.6 Å². The predicted molar refractivity (Wildman–Crippen MR) is 92.0 cm³/mol. The molecule has 3 nitrogen and oxygen atoms in total. The Bertz CT molecular complexity index is 1010. The molecule has 0 unspecified atom stereocenters. The fourth-order valence-corrected chi connectivity index (χ4v) is 2.65. The quantitative estimate of drug-likeness (QED) is 0.577. The normalized spacial score (nSPS) is 10.9. The molecule has 0 amide bonds. The summed E-state index contributed by atoms with van der Waals surface area (Å²) in [5.41, 5.74) is 4.25. The Morgan fingerprint density at radius 2 is 1.29 bits per heavy atom. The van der Waals surface area contributed by atoms with Crippen molar-refractivity contribution in [3.63, 3.8) is 0 Å². The van der Waals surface area contributed by atoms with Crippen molar-refractivity contribution in [1.29, 1.82) is 0 Å². The average Bonchev–Trinajstić information content (AvgIpc) is 2.62. The number of aromatic nitrogens is 2. The van der Waals surface area contributed by atoms with Crippen LogP contribution in [-0.2, 0) is 0 Å². The summed E-state index contributed by atoms with van der Waals surface area (Å²) in [5.74, 6) is -0.149. The number of phenols is 1. The molecular weight excluding hydrogens is 303 g/mol. The van der Waals surface area contributed by atoms with Crippen molar-refractivity contribution in [3.05, 3.63) is 78.6 Å². The second kappa shape index (κ2) is 5.74. The molecule has 0 bridgehead atoms. The Morgan fingerprint density at radius 3 is 2.00 bits per heavy atom. The maximum Gasteiger partial charge on any atom is 0.125 e. The van der Waals surface area contributed by atoms with E-state index in [1.807, 2.05) is 30.3 Å². The number of hydrogen-bond donors (Lipinski definition) is 1. The molecule has 4 heteroatoms. The summed E-state index contributed by atoms with van der Waals surface area (Å²) in [6, 6.07) is 20.9. The van der Waals surface area contributed by atoms with E-state index < -0.39 is 0 Å². The molecule has 1 heterocycles. The zero-order chi connectivity index (χ0) is 16.5. The second-order valence-electron chi connectivity index (χ2n) is 5.47. The van der Waals surface area contributed by atoms with Crippen molar-refractivity contribution < 1.29 is 9.50 Å². The molecule has 3 aromatic carbocycles. The van der Waals surface area contributed by atoms with E-state index in [4.69, 9.17) is 0 Å². The number of rotatable bonds is 2. The summed E-state index contributed by atoms with van der Waals surface area (Å²) >= 11 is 0. The van der Waals surface area contributed by atoms with Gasteiger partial charge in [-0.25, -0.2) is 14.4 Å². The highest BCUT2D eigenvalue weighted by molar-refractivity contribution is 5.86. The smallest absolute Gasteiger partial charge is 0.125 e. The molecular formula is C20H13FN2O. The lowest BCUT2D eigenvalue weighted by Crippen LogP contribution is -1.95. The summed E-state index contributed by atoms with van der Waals surface area (Å²) in [7, 11) is 0. The largest absolute Gasteiger partial charge is 0.508 e. The molecule has 0 spiro atoms. The number of phenolic OH excluding ortho intramolecular Hbond substituents is 1. The minimum Gasteiger partial charge on any atom is -0.508 e. The van der Waals surface area contributed by atoms with Crippen molar-refractivity contribution >= 4 is 11.0 Å². The highest BCUT2D eigenvalue weighted by atomic mass is 19.1. The Kier molecular flexibility index (Phi) is 3.43. The topological polar surface area (TPSA) is 46.0 Å². The molecule has 0 radical (unpaired) electrons. The predicted octanol–water partition coefficient (Wildman–Crippen LogP) is 4.81. The van der Waals surface area contributed by atoms with E-state index in [-0.39, 0.29) is 11.6 Å². The Labute approximate surface area is 138 Å². The van der Waals surface area contributed by atoms with Gasteiger partial charge < -0.3 is 5.11 Å². The Balaban J connectivity index is 2.02. The van der Waals surface area contributed by atoms with Crippen molar-refractivity contribution in [3.8, 4) is 28.3 Å². The van der Waals surface area contributed by atoms with E-state index in [9.17, 15) is 9.50 Å². The van der Waals surface area contributed by atoms with Gasteiger partial charge in [-0.1, -0.05) is 30.3 Å². The molecule has 1 N–H and O–H groups in total. The van der Waals surface area contributed by atoms with Crippen LogP contribution in [0, 0.1) is 5.82 Å². The van der Waals surface area contributed by atoms with Gasteiger partial charge in [0.15, 0.2) is 0 Å². The summed E-state index contributed by atoms with van der Waals surface area (Å²) in [6.07, 6.45) is 0. The first-order valence-electron chi connectivity index (χ1n) is 7.53. The van der Waals surface area contributed by atoms with Crippen LogP contribution in [0.25, 0.3) is 33.5 Å². The highest BCUT2D eigenvalue weighted by Gasteiger charge is 2.13. The maximum absolute atomic E-state index is 13.5. The molecule has 0 atom stereocenters. The van der Waals surface area contributed by atoms with Crippen LogP contribution in [0.1, 0.15) is 0 Å².